The van der Waals surface area contributed by atoms with Crippen LogP contribution in [0.5, 0.6) is 0 Å². The number of hydrogen-bond acceptors (Lipinski definition) is 4. The van der Waals surface area contributed by atoms with E-state index in [4.69, 9.17) is 17.3 Å². The van der Waals surface area contributed by atoms with Gasteiger partial charge in [0.2, 0.25) is 5.91 Å². The molecule has 26 heavy (non-hydrogen) atoms. The Morgan fingerprint density at radius 3 is 2.69 bits per heavy atom. The molecule has 2 aromatic heterocycles. The molecule has 2 N–H and O–H groups in total. The molecule has 2 heterocycles. The van der Waals surface area contributed by atoms with Crippen LogP contribution in [0.1, 0.15) is 12.0 Å². The first-order chi connectivity index (χ1) is 12.3. The minimum Gasteiger partial charge on any atom is -0.370 e. The third-order valence-corrected chi connectivity index (χ3v) is 4.94. The van der Waals surface area contributed by atoms with E-state index in [1.54, 1.807) is 10.6 Å². The van der Waals surface area contributed by atoms with E-state index in [0.29, 0.717) is 10.7 Å². The molecule has 0 unspecified atom stereocenters. The number of rotatable bonds is 5. The summed E-state index contributed by atoms with van der Waals surface area (Å²) in [5, 5.41) is 0.523. The maximum absolute atomic E-state index is 12.7. The molecule has 0 aliphatic rings. The summed E-state index contributed by atoms with van der Waals surface area (Å²) in [7, 11) is 0. The van der Waals surface area contributed by atoms with Crippen LogP contribution in [0, 0.1) is 0 Å². The number of halogens is 4. The highest BCUT2D eigenvalue weighted by molar-refractivity contribution is 7.99. The van der Waals surface area contributed by atoms with Crippen molar-refractivity contribution in [2.45, 2.75) is 29.3 Å². The first-order valence-electron chi connectivity index (χ1n) is 7.40. The number of pyridine rings is 1. The van der Waals surface area contributed by atoms with E-state index in [1.807, 2.05) is 18.2 Å². The fraction of sp³-hybridized carbons (Fsp3) is 0.188. The lowest BCUT2D eigenvalue weighted by Crippen LogP contribution is -2.14. The van der Waals surface area contributed by atoms with E-state index >= 15 is 0 Å². The number of para-hydroxylation sites is 2. The van der Waals surface area contributed by atoms with E-state index in [9.17, 15) is 18.0 Å². The molecule has 0 aliphatic carbocycles. The molecular weight excluding hydrogens is 389 g/mol. The minimum atomic E-state index is -4.52. The molecule has 3 rings (SSSR count). The molecule has 136 valence electrons. The Kier molecular flexibility index (Phi) is 5.10. The number of carbonyl (C=O) groups is 1. The van der Waals surface area contributed by atoms with Crippen LogP contribution < -0.4 is 5.73 Å². The first kappa shape index (κ1) is 18.5. The van der Waals surface area contributed by atoms with Crippen LogP contribution in [0.25, 0.3) is 11.0 Å². The Labute approximate surface area is 155 Å². The van der Waals surface area contributed by atoms with Gasteiger partial charge in [-0.15, -0.1) is 0 Å². The highest BCUT2D eigenvalue weighted by Crippen LogP contribution is 2.37. The monoisotopic (exact) mass is 400 g/mol. The molecule has 0 aliphatic heterocycles. The lowest BCUT2D eigenvalue weighted by atomic mass is 10.3. The van der Waals surface area contributed by atoms with Gasteiger partial charge in [0, 0.05) is 19.2 Å². The minimum absolute atomic E-state index is 0.0993. The second-order valence-electron chi connectivity index (χ2n) is 5.36. The van der Waals surface area contributed by atoms with Gasteiger partial charge < -0.3 is 10.3 Å². The van der Waals surface area contributed by atoms with Crippen LogP contribution in [0.2, 0.25) is 5.02 Å². The summed E-state index contributed by atoms with van der Waals surface area (Å²) in [6.45, 7) is 0.288. The van der Waals surface area contributed by atoms with Gasteiger partial charge in [-0.3, -0.25) is 4.79 Å². The number of primary amides is 1. The second kappa shape index (κ2) is 7.16. The molecule has 10 heteroatoms. The number of nitrogens with zero attached hydrogens (tertiary/aromatic N) is 3. The van der Waals surface area contributed by atoms with Crippen molar-refractivity contribution >= 4 is 40.3 Å². The summed E-state index contributed by atoms with van der Waals surface area (Å²) >= 11 is 7.00. The number of imidazole rings is 1. The highest BCUT2D eigenvalue weighted by Gasteiger charge is 2.31. The topological polar surface area (TPSA) is 73.8 Å². The SMILES string of the molecule is NC(=O)CCn1c(Sc2ncc(C(F)(F)F)cc2Cl)nc2ccccc21. The Morgan fingerprint density at radius 2 is 2.04 bits per heavy atom. The highest BCUT2D eigenvalue weighted by atomic mass is 35.5. The van der Waals surface area contributed by atoms with Crippen molar-refractivity contribution in [3.05, 3.63) is 47.1 Å². The van der Waals surface area contributed by atoms with E-state index in [0.717, 1.165) is 29.5 Å². The molecular formula is C16H12ClF3N4OS. The summed E-state index contributed by atoms with van der Waals surface area (Å²) in [6.07, 6.45) is -3.69. The van der Waals surface area contributed by atoms with Crippen molar-refractivity contribution in [3.8, 4) is 0 Å². The Hall–Kier alpha value is -2.26. The quantitative estimate of drug-likeness (QED) is 0.698. The summed E-state index contributed by atoms with van der Waals surface area (Å²) in [5.41, 5.74) is 5.76. The number of aromatic nitrogens is 3. The molecule has 0 saturated carbocycles. The molecule has 0 spiro atoms. The molecule has 0 atom stereocenters. The fourth-order valence-electron chi connectivity index (χ4n) is 2.31. The van der Waals surface area contributed by atoms with Gasteiger partial charge in [-0.25, -0.2) is 9.97 Å². The number of hydrogen-bond donors (Lipinski definition) is 1. The van der Waals surface area contributed by atoms with Gasteiger partial charge in [-0.1, -0.05) is 23.7 Å². The Balaban J connectivity index is 1.98. The third kappa shape index (κ3) is 3.94. The average Bonchev–Trinajstić information content (AvgIpc) is 2.91. The Bertz CT molecular complexity index is 974. The van der Waals surface area contributed by atoms with Gasteiger partial charge >= 0.3 is 6.18 Å². The van der Waals surface area contributed by atoms with Gasteiger partial charge in [-0.2, -0.15) is 13.2 Å². The normalized spacial score (nSPS) is 11.8. The van der Waals surface area contributed by atoms with Crippen molar-refractivity contribution < 1.29 is 18.0 Å². The maximum atomic E-state index is 12.7. The zero-order chi connectivity index (χ0) is 18.9. The number of carbonyl (C=O) groups excluding carboxylic acids is 1. The van der Waals surface area contributed by atoms with Crippen molar-refractivity contribution in [1.82, 2.24) is 14.5 Å². The number of amides is 1. The average molecular weight is 401 g/mol. The number of fused-ring (bicyclic) bond motifs is 1. The van der Waals surface area contributed by atoms with Crippen LogP contribution in [-0.2, 0) is 17.5 Å². The lowest BCUT2D eigenvalue weighted by Gasteiger charge is -2.10. The molecule has 0 saturated heterocycles. The van der Waals surface area contributed by atoms with Crippen LogP contribution >= 0.6 is 23.4 Å². The largest absolute Gasteiger partial charge is 0.417 e. The van der Waals surface area contributed by atoms with E-state index < -0.39 is 17.6 Å². The smallest absolute Gasteiger partial charge is 0.370 e. The zero-order valence-corrected chi connectivity index (χ0v) is 14.7. The number of alkyl halides is 3. The summed E-state index contributed by atoms with van der Waals surface area (Å²) in [5.74, 6) is -0.468. The molecule has 0 radical (unpaired) electrons. The Morgan fingerprint density at radius 1 is 1.31 bits per heavy atom. The summed E-state index contributed by atoms with van der Waals surface area (Å²) in [6, 6.07) is 8.08. The van der Waals surface area contributed by atoms with Crippen molar-refractivity contribution in [2.24, 2.45) is 5.73 Å². The van der Waals surface area contributed by atoms with Crippen molar-refractivity contribution in [1.29, 1.82) is 0 Å². The molecule has 1 aromatic carbocycles. The van der Waals surface area contributed by atoms with Crippen molar-refractivity contribution in [2.75, 3.05) is 0 Å². The molecule has 5 nitrogen and oxygen atoms in total. The predicted octanol–water partition coefficient (Wildman–Crippen LogP) is 4.13. The third-order valence-electron chi connectivity index (χ3n) is 3.52. The van der Waals surface area contributed by atoms with Crippen LogP contribution in [0.4, 0.5) is 13.2 Å². The van der Waals surface area contributed by atoms with E-state index in [-0.39, 0.29) is 23.0 Å². The van der Waals surface area contributed by atoms with Gasteiger partial charge in [0.1, 0.15) is 5.03 Å². The lowest BCUT2D eigenvalue weighted by molar-refractivity contribution is -0.137. The van der Waals surface area contributed by atoms with Gasteiger partial charge in [-0.05, 0) is 30.0 Å². The van der Waals surface area contributed by atoms with Crippen molar-refractivity contribution in [3.63, 3.8) is 0 Å². The van der Waals surface area contributed by atoms with E-state index in [2.05, 4.69) is 9.97 Å². The predicted molar refractivity (Wildman–Crippen MR) is 91.9 cm³/mol. The van der Waals surface area contributed by atoms with Crippen LogP contribution in [0.3, 0.4) is 0 Å². The molecule has 3 aromatic rings. The molecule has 0 fully saturated rings. The van der Waals surface area contributed by atoms with Crippen LogP contribution in [0.15, 0.2) is 46.7 Å². The van der Waals surface area contributed by atoms with Gasteiger partial charge in [0.25, 0.3) is 0 Å². The van der Waals surface area contributed by atoms with Gasteiger partial charge in [0.05, 0.1) is 21.6 Å². The standard InChI is InChI=1S/C16H12ClF3N4OS/c17-10-7-9(16(18,19)20)8-22-14(10)26-15-23-11-3-1-2-4-12(11)24(15)6-5-13(21)25/h1-4,7-8H,5-6H2,(H2,21,25). The second-order valence-corrected chi connectivity index (χ2v) is 6.73. The van der Waals surface area contributed by atoms with Crippen LogP contribution in [-0.4, -0.2) is 20.4 Å². The number of nitrogens with two attached hydrogens (primary N) is 1. The maximum Gasteiger partial charge on any atom is 0.417 e. The molecule has 1 amide bonds. The zero-order valence-electron chi connectivity index (χ0n) is 13.1. The van der Waals surface area contributed by atoms with Gasteiger partial charge in [0.15, 0.2) is 5.16 Å². The summed E-state index contributed by atoms with van der Waals surface area (Å²) < 4.78 is 40.0. The fourth-order valence-corrected chi connectivity index (χ4v) is 3.47. The number of aryl methyl sites for hydroxylation is 1. The number of benzene rings is 1. The molecule has 0 bridgehead atoms. The summed E-state index contributed by atoms with van der Waals surface area (Å²) in [4.78, 5) is 19.4. The van der Waals surface area contributed by atoms with E-state index in [1.165, 1.54) is 0 Å². The first-order valence-corrected chi connectivity index (χ1v) is 8.59.